The monoisotopic (exact) mass is 307 g/mol. The molecule has 1 heterocycles. The number of aromatic nitrogens is 1. The first-order valence-corrected chi connectivity index (χ1v) is 7.34. The zero-order chi connectivity index (χ0) is 14.3. The standard InChI is InChI=1S/C12H18ClNO4S/c1-4-16-9(8-7-14-12(13)19-8)10(17-5-2)11(15)18-6-3/h7,9-10H,4-6H2,1-3H3/t9-,10+/m1/s1. The highest BCUT2D eigenvalue weighted by atomic mass is 35.5. The molecule has 0 amide bonds. The number of hydrogen-bond donors (Lipinski definition) is 0. The zero-order valence-electron chi connectivity index (χ0n) is 11.2. The van der Waals surface area contributed by atoms with Gasteiger partial charge in [-0.1, -0.05) is 11.6 Å². The molecule has 0 aliphatic rings. The summed E-state index contributed by atoms with van der Waals surface area (Å²) in [6, 6.07) is 0. The van der Waals surface area contributed by atoms with E-state index in [2.05, 4.69) is 4.98 Å². The lowest BCUT2D eigenvalue weighted by Crippen LogP contribution is -2.34. The highest BCUT2D eigenvalue weighted by Crippen LogP contribution is 2.31. The van der Waals surface area contributed by atoms with Crippen molar-refractivity contribution in [2.24, 2.45) is 0 Å². The molecule has 0 aromatic carbocycles. The second-order valence-corrected chi connectivity index (χ2v) is 5.16. The maximum atomic E-state index is 12.0. The van der Waals surface area contributed by atoms with E-state index in [4.69, 9.17) is 25.8 Å². The Kier molecular flexibility index (Phi) is 7.30. The first kappa shape index (κ1) is 16.4. The van der Waals surface area contributed by atoms with Crippen molar-refractivity contribution < 1.29 is 19.0 Å². The van der Waals surface area contributed by atoms with E-state index in [0.717, 1.165) is 4.88 Å². The van der Waals surface area contributed by atoms with Crippen molar-refractivity contribution in [2.45, 2.75) is 33.0 Å². The largest absolute Gasteiger partial charge is 0.464 e. The number of rotatable bonds is 8. The Labute approximate surface area is 121 Å². The van der Waals surface area contributed by atoms with E-state index in [0.29, 0.717) is 24.3 Å². The number of thiazole rings is 1. The highest BCUT2D eigenvalue weighted by Gasteiger charge is 2.33. The third kappa shape index (κ3) is 4.72. The summed E-state index contributed by atoms with van der Waals surface area (Å²) < 4.78 is 16.5. The predicted molar refractivity (Wildman–Crippen MR) is 73.5 cm³/mol. The molecule has 0 aliphatic carbocycles. The first-order chi connectivity index (χ1) is 9.13. The van der Waals surface area contributed by atoms with Gasteiger partial charge < -0.3 is 14.2 Å². The summed E-state index contributed by atoms with van der Waals surface area (Å²) in [4.78, 5) is 16.7. The van der Waals surface area contributed by atoms with Gasteiger partial charge >= 0.3 is 5.97 Å². The maximum absolute atomic E-state index is 12.0. The molecule has 19 heavy (non-hydrogen) atoms. The van der Waals surface area contributed by atoms with Crippen molar-refractivity contribution in [2.75, 3.05) is 19.8 Å². The Hall–Kier alpha value is -0.690. The van der Waals surface area contributed by atoms with Crippen LogP contribution in [0.1, 0.15) is 31.8 Å². The number of ether oxygens (including phenoxy) is 3. The summed E-state index contributed by atoms with van der Waals surface area (Å²) in [5.74, 6) is -0.438. The molecule has 1 rings (SSSR count). The zero-order valence-corrected chi connectivity index (χ0v) is 12.8. The first-order valence-electron chi connectivity index (χ1n) is 6.15. The number of halogens is 1. The van der Waals surface area contributed by atoms with Gasteiger partial charge in [-0.3, -0.25) is 0 Å². The van der Waals surface area contributed by atoms with Crippen LogP contribution in [0, 0.1) is 0 Å². The molecule has 1 aromatic heterocycles. The van der Waals surface area contributed by atoms with Crippen molar-refractivity contribution in [1.29, 1.82) is 0 Å². The molecule has 0 radical (unpaired) electrons. The molecule has 0 spiro atoms. The Morgan fingerprint density at radius 1 is 1.32 bits per heavy atom. The second kappa shape index (κ2) is 8.47. The molecule has 0 saturated carbocycles. The maximum Gasteiger partial charge on any atom is 0.338 e. The van der Waals surface area contributed by atoms with E-state index in [-0.39, 0.29) is 0 Å². The van der Waals surface area contributed by atoms with E-state index in [1.807, 2.05) is 13.8 Å². The van der Waals surface area contributed by atoms with Crippen LogP contribution in [0.2, 0.25) is 4.47 Å². The third-order valence-electron chi connectivity index (χ3n) is 2.26. The minimum absolute atomic E-state index is 0.296. The normalized spacial score (nSPS) is 14.1. The van der Waals surface area contributed by atoms with Gasteiger partial charge in [-0.15, -0.1) is 11.3 Å². The van der Waals surface area contributed by atoms with E-state index >= 15 is 0 Å². The molecule has 0 fully saturated rings. The minimum Gasteiger partial charge on any atom is -0.464 e. The van der Waals surface area contributed by atoms with Gasteiger partial charge in [-0.2, -0.15) is 0 Å². The van der Waals surface area contributed by atoms with Crippen molar-refractivity contribution in [3.05, 3.63) is 15.5 Å². The lowest BCUT2D eigenvalue weighted by atomic mass is 10.2. The average Bonchev–Trinajstić information content (AvgIpc) is 2.80. The third-order valence-corrected chi connectivity index (χ3v) is 3.44. The van der Waals surface area contributed by atoms with Crippen molar-refractivity contribution >= 4 is 28.9 Å². The average molecular weight is 308 g/mol. The van der Waals surface area contributed by atoms with Crippen molar-refractivity contribution in [3.63, 3.8) is 0 Å². The highest BCUT2D eigenvalue weighted by molar-refractivity contribution is 7.15. The van der Waals surface area contributed by atoms with Crippen LogP contribution in [0.25, 0.3) is 0 Å². The Balaban J connectivity index is 2.94. The predicted octanol–water partition coefficient (Wildman–Crippen LogP) is 2.84. The van der Waals surface area contributed by atoms with Gasteiger partial charge in [0.15, 0.2) is 10.6 Å². The summed E-state index contributed by atoms with van der Waals surface area (Å²) in [5.41, 5.74) is 0. The van der Waals surface area contributed by atoms with E-state index in [1.165, 1.54) is 11.3 Å². The quantitative estimate of drug-likeness (QED) is 0.691. The molecule has 0 saturated heterocycles. The Bertz CT molecular complexity index is 399. The van der Waals surface area contributed by atoms with Gasteiger partial charge in [-0.25, -0.2) is 9.78 Å². The molecular formula is C12H18ClNO4S. The molecule has 0 N–H and O–H groups in total. The topological polar surface area (TPSA) is 57.7 Å². The lowest BCUT2D eigenvalue weighted by Gasteiger charge is -2.24. The van der Waals surface area contributed by atoms with E-state index in [1.54, 1.807) is 13.1 Å². The van der Waals surface area contributed by atoms with Gasteiger partial charge in [-0.05, 0) is 20.8 Å². The summed E-state index contributed by atoms with van der Waals surface area (Å²) in [6.45, 7) is 6.55. The minimum atomic E-state index is -0.804. The fraction of sp³-hybridized carbons (Fsp3) is 0.667. The van der Waals surface area contributed by atoms with E-state index < -0.39 is 18.2 Å². The summed E-state index contributed by atoms with van der Waals surface area (Å²) >= 11 is 7.09. The van der Waals surface area contributed by atoms with Gasteiger partial charge in [0.05, 0.1) is 11.5 Å². The molecule has 5 nitrogen and oxygen atoms in total. The van der Waals surface area contributed by atoms with Gasteiger partial charge in [0.1, 0.15) is 6.10 Å². The molecule has 1 aromatic rings. The lowest BCUT2D eigenvalue weighted by molar-refractivity contribution is -0.167. The van der Waals surface area contributed by atoms with Crippen LogP contribution in [-0.2, 0) is 19.0 Å². The van der Waals surface area contributed by atoms with Gasteiger partial charge in [0, 0.05) is 19.4 Å². The van der Waals surface area contributed by atoms with Gasteiger partial charge in [0.2, 0.25) is 0 Å². The molecule has 108 valence electrons. The van der Waals surface area contributed by atoms with Crippen LogP contribution in [0.15, 0.2) is 6.20 Å². The fourth-order valence-corrected chi connectivity index (χ4v) is 2.61. The number of hydrogen-bond acceptors (Lipinski definition) is 6. The number of nitrogens with zero attached hydrogens (tertiary/aromatic N) is 1. The summed E-state index contributed by atoms with van der Waals surface area (Å²) in [7, 11) is 0. The van der Waals surface area contributed by atoms with Crippen molar-refractivity contribution in [3.8, 4) is 0 Å². The number of carbonyl (C=O) groups is 1. The smallest absolute Gasteiger partial charge is 0.338 e. The molecule has 2 atom stereocenters. The van der Waals surface area contributed by atoms with Crippen LogP contribution in [0.4, 0.5) is 0 Å². The number of carbonyl (C=O) groups excluding carboxylic acids is 1. The number of esters is 1. The van der Waals surface area contributed by atoms with E-state index in [9.17, 15) is 4.79 Å². The van der Waals surface area contributed by atoms with Crippen LogP contribution < -0.4 is 0 Å². The molecule has 0 bridgehead atoms. The van der Waals surface area contributed by atoms with Gasteiger partial charge in [0.25, 0.3) is 0 Å². The van der Waals surface area contributed by atoms with Crippen LogP contribution in [0.5, 0.6) is 0 Å². The Morgan fingerprint density at radius 3 is 2.47 bits per heavy atom. The molecule has 0 unspecified atom stereocenters. The van der Waals surface area contributed by atoms with Crippen LogP contribution >= 0.6 is 22.9 Å². The molecule has 7 heteroatoms. The van der Waals surface area contributed by atoms with Crippen LogP contribution in [-0.4, -0.2) is 36.9 Å². The summed E-state index contributed by atoms with van der Waals surface area (Å²) in [5, 5.41) is 0. The molecular weight excluding hydrogens is 290 g/mol. The van der Waals surface area contributed by atoms with Crippen molar-refractivity contribution in [1.82, 2.24) is 4.98 Å². The summed E-state index contributed by atoms with van der Waals surface area (Å²) in [6.07, 6.45) is 0.244. The van der Waals surface area contributed by atoms with Crippen LogP contribution in [0.3, 0.4) is 0 Å². The fourth-order valence-electron chi connectivity index (χ4n) is 1.58. The SMILES string of the molecule is CCOC(=O)[C@@H](OCC)[C@H](OCC)c1cnc(Cl)s1. The Morgan fingerprint density at radius 2 is 2.00 bits per heavy atom. The second-order valence-electron chi connectivity index (χ2n) is 3.52. The molecule has 0 aliphatic heterocycles.